The molecule has 0 spiro atoms. The summed E-state index contributed by atoms with van der Waals surface area (Å²) >= 11 is 6.22. The smallest absolute Gasteiger partial charge is 0.248 e. The van der Waals surface area contributed by atoms with E-state index in [1.165, 1.54) is 33.1 Å². The van der Waals surface area contributed by atoms with Gasteiger partial charge in [0.05, 0.1) is 24.9 Å². The number of imidazole rings is 1. The molecule has 1 N–H and O–H groups in total. The molecule has 0 saturated heterocycles. The predicted octanol–water partition coefficient (Wildman–Crippen LogP) is 5.21. The number of methoxy groups -OCH3 is 2. The Morgan fingerprint density at radius 2 is 2.06 bits per heavy atom. The van der Waals surface area contributed by atoms with E-state index in [4.69, 9.17) is 26.1 Å². The normalized spacial score (nSPS) is 13.1. The molecule has 2 heterocycles. The number of nitrogens with zero attached hydrogens (tertiary/aromatic N) is 2. The van der Waals surface area contributed by atoms with E-state index in [9.17, 15) is 4.79 Å². The van der Waals surface area contributed by atoms with Crippen molar-refractivity contribution in [2.75, 3.05) is 19.5 Å². The van der Waals surface area contributed by atoms with E-state index >= 15 is 0 Å². The number of nitrogens with one attached hydrogen (secondary N) is 1. The van der Waals surface area contributed by atoms with Crippen LogP contribution in [0.4, 0.5) is 5.69 Å². The van der Waals surface area contributed by atoms with Crippen molar-refractivity contribution in [1.82, 2.24) is 9.55 Å². The minimum atomic E-state index is -0.243. The van der Waals surface area contributed by atoms with Crippen LogP contribution in [0.2, 0.25) is 5.02 Å². The average Bonchev–Trinajstić information content (AvgIpc) is 3.22. The van der Waals surface area contributed by atoms with Crippen LogP contribution in [0.5, 0.6) is 11.5 Å². The topological polar surface area (TPSA) is 65.4 Å². The second-order valence-electron chi connectivity index (χ2n) is 7.33. The van der Waals surface area contributed by atoms with Crippen LogP contribution in [0.25, 0.3) is 17.3 Å². The van der Waals surface area contributed by atoms with Crippen molar-refractivity contribution < 1.29 is 14.3 Å². The molecular weight excluding hydrogens is 414 g/mol. The van der Waals surface area contributed by atoms with Gasteiger partial charge in [0.15, 0.2) is 11.5 Å². The highest BCUT2D eigenvalue weighted by molar-refractivity contribution is 6.32. The lowest BCUT2D eigenvalue weighted by Gasteiger charge is -2.11. The molecule has 4 rings (SSSR count). The van der Waals surface area contributed by atoms with Gasteiger partial charge in [-0.25, -0.2) is 4.98 Å². The summed E-state index contributed by atoms with van der Waals surface area (Å²) in [6, 6.07) is 11.2. The predicted molar refractivity (Wildman–Crippen MR) is 123 cm³/mol. The van der Waals surface area contributed by atoms with Gasteiger partial charge in [-0.3, -0.25) is 4.79 Å². The molecule has 7 heteroatoms. The SMILES string of the molecule is COc1cc(C=CC(=O)Nc2cccc(-c3cn4c(n3)CCCC4)c2)cc(Cl)c1OC. The Morgan fingerprint density at radius 1 is 1.19 bits per heavy atom. The molecule has 0 bridgehead atoms. The third-order valence-corrected chi connectivity index (χ3v) is 5.50. The number of benzene rings is 2. The van der Waals surface area contributed by atoms with Crippen LogP contribution in [0, 0.1) is 0 Å². The molecule has 160 valence electrons. The summed E-state index contributed by atoms with van der Waals surface area (Å²) in [4.78, 5) is 17.2. The molecule has 31 heavy (non-hydrogen) atoms. The van der Waals surface area contributed by atoms with Gasteiger partial charge in [0.2, 0.25) is 5.91 Å². The van der Waals surface area contributed by atoms with Crippen LogP contribution < -0.4 is 14.8 Å². The fraction of sp³-hybridized carbons (Fsp3) is 0.250. The van der Waals surface area contributed by atoms with E-state index in [1.807, 2.05) is 24.3 Å². The molecule has 3 aromatic rings. The summed E-state index contributed by atoms with van der Waals surface area (Å²) in [5.41, 5.74) is 3.36. The second-order valence-corrected chi connectivity index (χ2v) is 7.74. The minimum Gasteiger partial charge on any atom is -0.493 e. The maximum Gasteiger partial charge on any atom is 0.248 e. The first-order valence-electron chi connectivity index (χ1n) is 10.1. The zero-order valence-electron chi connectivity index (χ0n) is 17.5. The number of aryl methyl sites for hydroxylation is 2. The monoisotopic (exact) mass is 437 g/mol. The molecule has 1 aliphatic heterocycles. The van der Waals surface area contributed by atoms with Crippen molar-refractivity contribution >= 4 is 29.3 Å². The van der Waals surface area contributed by atoms with Crippen molar-refractivity contribution in [3.05, 3.63) is 65.1 Å². The van der Waals surface area contributed by atoms with Gasteiger partial charge in [-0.1, -0.05) is 23.7 Å². The number of fused-ring (bicyclic) bond motifs is 1. The molecule has 0 unspecified atom stereocenters. The Kier molecular flexibility index (Phi) is 6.28. The molecule has 1 amide bonds. The molecule has 0 saturated carbocycles. The zero-order valence-corrected chi connectivity index (χ0v) is 18.3. The Morgan fingerprint density at radius 3 is 2.84 bits per heavy atom. The highest BCUT2D eigenvalue weighted by atomic mass is 35.5. The average molecular weight is 438 g/mol. The van der Waals surface area contributed by atoms with Gasteiger partial charge in [-0.15, -0.1) is 0 Å². The van der Waals surface area contributed by atoms with E-state index in [-0.39, 0.29) is 5.91 Å². The molecular formula is C24H24ClN3O3. The van der Waals surface area contributed by atoms with Gasteiger partial charge in [-0.05, 0) is 48.7 Å². The largest absolute Gasteiger partial charge is 0.493 e. The fourth-order valence-electron chi connectivity index (χ4n) is 3.70. The van der Waals surface area contributed by atoms with Crippen LogP contribution in [0.1, 0.15) is 24.2 Å². The van der Waals surface area contributed by atoms with Crippen LogP contribution in [0.3, 0.4) is 0 Å². The van der Waals surface area contributed by atoms with E-state index in [2.05, 4.69) is 16.1 Å². The van der Waals surface area contributed by atoms with E-state index in [1.54, 1.807) is 18.2 Å². The lowest BCUT2D eigenvalue weighted by atomic mass is 10.1. The highest BCUT2D eigenvalue weighted by Crippen LogP contribution is 2.36. The molecule has 0 atom stereocenters. The molecule has 0 fully saturated rings. The number of aromatic nitrogens is 2. The van der Waals surface area contributed by atoms with Crippen molar-refractivity contribution in [1.29, 1.82) is 0 Å². The lowest BCUT2D eigenvalue weighted by molar-refractivity contribution is -0.111. The van der Waals surface area contributed by atoms with Gasteiger partial charge in [0.1, 0.15) is 5.82 Å². The molecule has 0 radical (unpaired) electrons. The first-order chi connectivity index (χ1) is 15.1. The van der Waals surface area contributed by atoms with Crippen LogP contribution in [-0.4, -0.2) is 29.7 Å². The lowest BCUT2D eigenvalue weighted by Crippen LogP contribution is -2.08. The Balaban J connectivity index is 1.47. The van der Waals surface area contributed by atoms with Gasteiger partial charge in [0, 0.05) is 36.5 Å². The Hall–Kier alpha value is -3.25. The number of amides is 1. The summed E-state index contributed by atoms with van der Waals surface area (Å²) in [5, 5.41) is 3.31. The van der Waals surface area contributed by atoms with Crippen molar-refractivity contribution in [2.45, 2.75) is 25.8 Å². The van der Waals surface area contributed by atoms with E-state index in [0.717, 1.165) is 35.6 Å². The van der Waals surface area contributed by atoms with Gasteiger partial charge >= 0.3 is 0 Å². The Labute approximate surface area is 186 Å². The van der Waals surface area contributed by atoms with Crippen molar-refractivity contribution in [3.63, 3.8) is 0 Å². The maximum absolute atomic E-state index is 12.4. The number of hydrogen-bond donors (Lipinski definition) is 1. The van der Waals surface area contributed by atoms with Gasteiger partial charge in [0.25, 0.3) is 0 Å². The first kappa shape index (κ1) is 21.0. The first-order valence-corrected chi connectivity index (χ1v) is 10.5. The third-order valence-electron chi connectivity index (χ3n) is 5.22. The summed E-state index contributed by atoms with van der Waals surface area (Å²) < 4.78 is 12.8. The molecule has 0 aliphatic carbocycles. The van der Waals surface area contributed by atoms with E-state index in [0.29, 0.717) is 22.2 Å². The molecule has 1 aliphatic rings. The third kappa shape index (κ3) is 4.75. The number of carbonyl (C=O) groups excluding carboxylic acids is 1. The number of ether oxygens (including phenoxy) is 2. The summed E-state index contributed by atoms with van der Waals surface area (Å²) in [7, 11) is 3.07. The quantitative estimate of drug-likeness (QED) is 0.537. The van der Waals surface area contributed by atoms with Crippen LogP contribution in [0.15, 0.2) is 48.7 Å². The summed E-state index contributed by atoms with van der Waals surface area (Å²) in [6.45, 7) is 1.02. The number of rotatable bonds is 6. The molecule has 6 nitrogen and oxygen atoms in total. The number of halogens is 1. The summed E-state index contributed by atoms with van der Waals surface area (Å²) in [5.74, 6) is 1.86. The number of carbonyl (C=O) groups is 1. The standard InChI is InChI=1S/C24H24ClN3O3/c1-30-21-13-16(12-19(25)24(21)31-2)9-10-23(29)26-18-7-5-6-17(14-18)20-15-28-11-4-3-8-22(28)27-20/h5-7,9-10,12-15H,3-4,8,11H2,1-2H3,(H,26,29). The maximum atomic E-state index is 12.4. The molecule has 2 aromatic carbocycles. The highest BCUT2D eigenvalue weighted by Gasteiger charge is 2.14. The van der Waals surface area contributed by atoms with E-state index < -0.39 is 0 Å². The Bertz CT molecular complexity index is 1110. The van der Waals surface area contributed by atoms with Gasteiger partial charge in [-0.2, -0.15) is 0 Å². The molecule has 1 aromatic heterocycles. The number of anilines is 1. The number of hydrogen-bond acceptors (Lipinski definition) is 4. The van der Waals surface area contributed by atoms with Crippen molar-refractivity contribution in [3.8, 4) is 22.8 Å². The van der Waals surface area contributed by atoms with Crippen molar-refractivity contribution in [2.24, 2.45) is 0 Å². The van der Waals surface area contributed by atoms with Gasteiger partial charge < -0.3 is 19.4 Å². The fourth-order valence-corrected chi connectivity index (χ4v) is 3.99. The van der Waals surface area contributed by atoms with Crippen LogP contribution >= 0.6 is 11.6 Å². The minimum absolute atomic E-state index is 0.243. The summed E-state index contributed by atoms with van der Waals surface area (Å²) in [6.07, 6.45) is 8.62. The van der Waals surface area contributed by atoms with Crippen LogP contribution in [-0.2, 0) is 17.8 Å². The zero-order chi connectivity index (χ0) is 21.8. The second kappa shape index (κ2) is 9.27.